The Balaban J connectivity index is 2.26. The maximum absolute atomic E-state index is 11.6. The van der Waals surface area contributed by atoms with Crippen molar-refractivity contribution in [3.8, 4) is 0 Å². The molecule has 0 radical (unpaired) electrons. The lowest BCUT2D eigenvalue weighted by Crippen LogP contribution is -2.41. The molecule has 4 N–H and O–H groups in total. The Kier molecular flexibility index (Phi) is 6.60. The van der Waals surface area contributed by atoms with Gasteiger partial charge in [0.25, 0.3) is 0 Å². The molecule has 0 aliphatic heterocycles. The fraction of sp³-hybridized carbons (Fsp3) is 0.429. The quantitative estimate of drug-likeness (QED) is 0.666. The summed E-state index contributed by atoms with van der Waals surface area (Å²) in [5.41, 5.74) is 6.49. The second-order valence-corrected chi connectivity index (χ2v) is 4.32. The molecule has 2 amide bonds. The molecule has 0 bridgehead atoms. The van der Waals surface area contributed by atoms with Crippen LogP contribution in [0.2, 0.25) is 0 Å². The standard InChI is InChI=1S/C14H21N3O2/c1-2-12(8-15)14(19)17-10-13(18)16-9-11-6-4-3-5-7-11/h3-7,12H,2,8-10,15H2,1H3,(H,16,18)(H,17,19). The lowest BCUT2D eigenvalue weighted by atomic mass is 10.1. The van der Waals surface area contributed by atoms with E-state index in [1.54, 1.807) is 0 Å². The van der Waals surface area contributed by atoms with Gasteiger partial charge in [-0.2, -0.15) is 0 Å². The molecule has 0 aliphatic carbocycles. The van der Waals surface area contributed by atoms with Crippen LogP contribution in [0.4, 0.5) is 0 Å². The summed E-state index contributed by atoms with van der Waals surface area (Å²) in [5.74, 6) is -0.592. The highest BCUT2D eigenvalue weighted by Gasteiger charge is 2.14. The van der Waals surface area contributed by atoms with Crippen molar-refractivity contribution in [2.75, 3.05) is 13.1 Å². The van der Waals surface area contributed by atoms with Gasteiger partial charge in [0.15, 0.2) is 0 Å². The number of hydrogen-bond donors (Lipinski definition) is 3. The van der Waals surface area contributed by atoms with Crippen molar-refractivity contribution < 1.29 is 9.59 Å². The maximum atomic E-state index is 11.6. The summed E-state index contributed by atoms with van der Waals surface area (Å²) in [6.45, 7) is 2.65. The molecule has 0 aromatic heterocycles. The Morgan fingerprint density at radius 1 is 1.21 bits per heavy atom. The molecule has 1 atom stereocenters. The lowest BCUT2D eigenvalue weighted by molar-refractivity contribution is -0.128. The summed E-state index contributed by atoms with van der Waals surface area (Å²) in [5, 5.41) is 5.33. The predicted octanol–water partition coefficient (Wildman–Crippen LogP) is 0.404. The number of amides is 2. The van der Waals surface area contributed by atoms with Gasteiger partial charge < -0.3 is 16.4 Å². The summed E-state index contributed by atoms with van der Waals surface area (Å²) in [6, 6.07) is 9.61. The van der Waals surface area contributed by atoms with Crippen LogP contribution in [0.25, 0.3) is 0 Å². The third-order valence-corrected chi connectivity index (χ3v) is 2.90. The molecule has 0 saturated heterocycles. The molecule has 0 saturated carbocycles. The third kappa shape index (κ3) is 5.52. The van der Waals surface area contributed by atoms with Crippen LogP contribution in [0.3, 0.4) is 0 Å². The minimum Gasteiger partial charge on any atom is -0.350 e. The molecule has 1 aromatic rings. The van der Waals surface area contributed by atoms with Gasteiger partial charge in [-0.05, 0) is 12.0 Å². The summed E-state index contributed by atoms with van der Waals surface area (Å²) >= 11 is 0. The van der Waals surface area contributed by atoms with Gasteiger partial charge in [-0.15, -0.1) is 0 Å². The first-order chi connectivity index (χ1) is 9.17. The van der Waals surface area contributed by atoms with E-state index in [0.29, 0.717) is 19.5 Å². The van der Waals surface area contributed by atoms with Crippen molar-refractivity contribution in [1.82, 2.24) is 10.6 Å². The van der Waals surface area contributed by atoms with Crippen molar-refractivity contribution in [1.29, 1.82) is 0 Å². The molecule has 0 aliphatic rings. The Labute approximate surface area is 113 Å². The van der Waals surface area contributed by atoms with Crippen LogP contribution in [-0.2, 0) is 16.1 Å². The van der Waals surface area contributed by atoms with E-state index >= 15 is 0 Å². The van der Waals surface area contributed by atoms with Crippen LogP contribution in [0, 0.1) is 5.92 Å². The van der Waals surface area contributed by atoms with E-state index in [2.05, 4.69) is 10.6 Å². The van der Waals surface area contributed by atoms with E-state index in [4.69, 9.17) is 5.73 Å². The number of hydrogen-bond acceptors (Lipinski definition) is 3. The molecule has 1 rings (SSSR count). The van der Waals surface area contributed by atoms with E-state index in [1.807, 2.05) is 37.3 Å². The second kappa shape index (κ2) is 8.26. The zero-order valence-corrected chi connectivity index (χ0v) is 11.2. The van der Waals surface area contributed by atoms with Crippen LogP contribution >= 0.6 is 0 Å². The Hall–Kier alpha value is -1.88. The molecule has 19 heavy (non-hydrogen) atoms. The van der Waals surface area contributed by atoms with Crippen molar-refractivity contribution >= 4 is 11.8 Å². The zero-order valence-electron chi connectivity index (χ0n) is 11.2. The van der Waals surface area contributed by atoms with E-state index in [0.717, 1.165) is 5.56 Å². The summed E-state index contributed by atoms with van der Waals surface area (Å²) < 4.78 is 0. The van der Waals surface area contributed by atoms with Crippen molar-refractivity contribution in [3.05, 3.63) is 35.9 Å². The van der Waals surface area contributed by atoms with Crippen molar-refractivity contribution in [3.63, 3.8) is 0 Å². The molecular weight excluding hydrogens is 242 g/mol. The van der Waals surface area contributed by atoms with E-state index in [-0.39, 0.29) is 24.3 Å². The molecule has 0 spiro atoms. The van der Waals surface area contributed by atoms with Gasteiger partial charge in [0.1, 0.15) is 0 Å². The summed E-state index contributed by atoms with van der Waals surface area (Å²) in [7, 11) is 0. The Bertz CT molecular complexity index is 402. The number of carbonyl (C=O) groups excluding carboxylic acids is 2. The van der Waals surface area contributed by atoms with Gasteiger partial charge in [0.05, 0.1) is 6.54 Å². The topological polar surface area (TPSA) is 84.2 Å². The number of nitrogens with two attached hydrogens (primary N) is 1. The van der Waals surface area contributed by atoms with Gasteiger partial charge in [0, 0.05) is 19.0 Å². The van der Waals surface area contributed by atoms with Crippen molar-refractivity contribution in [2.24, 2.45) is 11.7 Å². The minimum absolute atomic E-state index is 0.0117. The molecule has 0 fully saturated rings. The van der Waals surface area contributed by atoms with E-state index in [1.165, 1.54) is 0 Å². The van der Waals surface area contributed by atoms with Crippen LogP contribution < -0.4 is 16.4 Å². The van der Waals surface area contributed by atoms with E-state index in [9.17, 15) is 9.59 Å². The Morgan fingerprint density at radius 2 is 1.89 bits per heavy atom. The molecule has 5 heteroatoms. The lowest BCUT2D eigenvalue weighted by Gasteiger charge is -2.12. The normalized spacial score (nSPS) is 11.7. The zero-order chi connectivity index (χ0) is 14.1. The highest BCUT2D eigenvalue weighted by Crippen LogP contribution is 1.99. The van der Waals surface area contributed by atoms with Gasteiger partial charge in [0.2, 0.25) is 11.8 Å². The largest absolute Gasteiger partial charge is 0.350 e. The van der Waals surface area contributed by atoms with E-state index < -0.39 is 0 Å². The molecule has 1 aromatic carbocycles. The van der Waals surface area contributed by atoms with Crippen LogP contribution in [0.1, 0.15) is 18.9 Å². The van der Waals surface area contributed by atoms with Gasteiger partial charge in [-0.3, -0.25) is 9.59 Å². The fourth-order valence-electron chi connectivity index (χ4n) is 1.63. The summed E-state index contributed by atoms with van der Waals surface area (Å²) in [6.07, 6.45) is 0.675. The first-order valence-corrected chi connectivity index (χ1v) is 6.45. The molecule has 1 unspecified atom stereocenters. The van der Waals surface area contributed by atoms with Gasteiger partial charge in [-0.1, -0.05) is 37.3 Å². The van der Waals surface area contributed by atoms with Crippen LogP contribution in [0.5, 0.6) is 0 Å². The average Bonchev–Trinajstić information content (AvgIpc) is 2.45. The maximum Gasteiger partial charge on any atom is 0.239 e. The predicted molar refractivity (Wildman–Crippen MR) is 74.1 cm³/mol. The first kappa shape index (κ1) is 15.2. The molecule has 0 heterocycles. The monoisotopic (exact) mass is 263 g/mol. The minimum atomic E-state index is -0.220. The average molecular weight is 263 g/mol. The Morgan fingerprint density at radius 3 is 2.47 bits per heavy atom. The van der Waals surface area contributed by atoms with Crippen LogP contribution in [-0.4, -0.2) is 24.9 Å². The first-order valence-electron chi connectivity index (χ1n) is 6.45. The number of benzene rings is 1. The fourth-order valence-corrected chi connectivity index (χ4v) is 1.63. The van der Waals surface area contributed by atoms with Crippen LogP contribution in [0.15, 0.2) is 30.3 Å². The number of rotatable bonds is 7. The highest BCUT2D eigenvalue weighted by atomic mass is 16.2. The summed E-state index contributed by atoms with van der Waals surface area (Å²) in [4.78, 5) is 23.2. The molecule has 104 valence electrons. The third-order valence-electron chi connectivity index (χ3n) is 2.90. The molecule has 5 nitrogen and oxygen atoms in total. The highest BCUT2D eigenvalue weighted by molar-refractivity contribution is 5.85. The smallest absolute Gasteiger partial charge is 0.239 e. The number of nitrogens with one attached hydrogen (secondary N) is 2. The second-order valence-electron chi connectivity index (χ2n) is 4.32. The van der Waals surface area contributed by atoms with Crippen molar-refractivity contribution in [2.45, 2.75) is 19.9 Å². The molecular formula is C14H21N3O2. The number of carbonyl (C=O) groups is 2. The SMILES string of the molecule is CCC(CN)C(=O)NCC(=O)NCc1ccccc1. The van der Waals surface area contributed by atoms with Gasteiger partial charge >= 0.3 is 0 Å². The van der Waals surface area contributed by atoms with Gasteiger partial charge in [-0.25, -0.2) is 0 Å².